The summed E-state index contributed by atoms with van der Waals surface area (Å²) < 4.78 is 2.07. The Bertz CT molecular complexity index is 485. The van der Waals surface area contributed by atoms with Crippen molar-refractivity contribution in [2.45, 2.75) is 52.6 Å². The number of nitrogens with zero attached hydrogens (tertiary/aromatic N) is 3. The molecule has 2 aliphatic heterocycles. The predicted molar refractivity (Wildman–Crippen MR) is 86.7 cm³/mol. The van der Waals surface area contributed by atoms with E-state index in [0.29, 0.717) is 5.41 Å². The highest BCUT2D eigenvalue weighted by atomic mass is 35.5. The first kappa shape index (κ1) is 15.3. The Hall–Kier alpha value is -0.580. The third kappa shape index (κ3) is 3.13. The van der Waals surface area contributed by atoms with E-state index in [1.807, 2.05) is 6.92 Å². The van der Waals surface area contributed by atoms with Gasteiger partial charge in [-0.15, -0.1) is 0 Å². The van der Waals surface area contributed by atoms with Gasteiger partial charge in [0.15, 0.2) is 0 Å². The molecule has 5 heteroatoms. The van der Waals surface area contributed by atoms with E-state index >= 15 is 0 Å². The number of piperidine rings is 2. The van der Waals surface area contributed by atoms with Gasteiger partial charge in [0.05, 0.1) is 16.4 Å². The van der Waals surface area contributed by atoms with Gasteiger partial charge in [0, 0.05) is 26.2 Å². The molecule has 1 aromatic rings. The van der Waals surface area contributed by atoms with Crippen molar-refractivity contribution in [2.24, 2.45) is 5.41 Å². The van der Waals surface area contributed by atoms with E-state index in [4.69, 9.17) is 11.6 Å². The van der Waals surface area contributed by atoms with Gasteiger partial charge in [0.25, 0.3) is 0 Å². The fraction of sp³-hybridized carbons (Fsp3) is 0.812. The number of halogens is 1. The number of hydrogen-bond acceptors (Lipinski definition) is 3. The lowest BCUT2D eigenvalue weighted by molar-refractivity contribution is 0.0585. The fourth-order valence-electron chi connectivity index (χ4n) is 4.06. The zero-order valence-electron chi connectivity index (χ0n) is 13.3. The van der Waals surface area contributed by atoms with E-state index in [-0.39, 0.29) is 0 Å². The van der Waals surface area contributed by atoms with Gasteiger partial charge in [-0.2, -0.15) is 5.10 Å². The van der Waals surface area contributed by atoms with E-state index in [1.54, 1.807) is 0 Å². The van der Waals surface area contributed by atoms with Gasteiger partial charge < -0.3 is 5.32 Å². The monoisotopic (exact) mass is 310 g/mol. The van der Waals surface area contributed by atoms with Crippen LogP contribution in [-0.2, 0) is 13.1 Å². The lowest BCUT2D eigenvalue weighted by atomic mass is 9.74. The molecule has 0 aromatic carbocycles. The van der Waals surface area contributed by atoms with E-state index in [2.05, 4.69) is 26.9 Å². The highest BCUT2D eigenvalue weighted by Gasteiger charge is 2.36. The number of aryl methyl sites for hydroxylation is 2. The first-order valence-corrected chi connectivity index (χ1v) is 8.66. The standard InChI is InChI=1S/C16H27ClN4/c1-3-21-14(15(17)13(2)19-21)10-20-9-5-7-16(12-20)6-4-8-18-11-16/h18H,3-12H2,1-2H3. The summed E-state index contributed by atoms with van der Waals surface area (Å²) in [6, 6.07) is 0. The zero-order chi connectivity index (χ0) is 14.9. The smallest absolute Gasteiger partial charge is 0.0860 e. The van der Waals surface area contributed by atoms with Crippen molar-refractivity contribution in [1.82, 2.24) is 20.0 Å². The molecule has 1 spiro atoms. The summed E-state index contributed by atoms with van der Waals surface area (Å²) >= 11 is 6.47. The number of likely N-dealkylation sites (tertiary alicyclic amines) is 1. The minimum Gasteiger partial charge on any atom is -0.316 e. The topological polar surface area (TPSA) is 33.1 Å². The van der Waals surface area contributed by atoms with Crippen LogP contribution in [0.1, 0.15) is 44.0 Å². The van der Waals surface area contributed by atoms with E-state index < -0.39 is 0 Å². The SMILES string of the molecule is CCn1nc(C)c(Cl)c1CN1CCCC2(CCCNC2)C1. The van der Waals surface area contributed by atoms with Gasteiger partial charge in [-0.05, 0) is 58.0 Å². The van der Waals surface area contributed by atoms with Crippen molar-refractivity contribution in [2.75, 3.05) is 26.2 Å². The average Bonchev–Trinajstić information content (AvgIpc) is 2.76. The van der Waals surface area contributed by atoms with E-state index in [1.165, 1.54) is 57.6 Å². The van der Waals surface area contributed by atoms with Gasteiger partial charge in [-0.1, -0.05) is 11.6 Å². The Morgan fingerprint density at radius 1 is 1.33 bits per heavy atom. The quantitative estimate of drug-likeness (QED) is 0.932. The molecule has 1 unspecified atom stereocenters. The Kier molecular flexibility index (Phi) is 4.57. The lowest BCUT2D eigenvalue weighted by Gasteiger charge is -2.45. The van der Waals surface area contributed by atoms with Gasteiger partial charge >= 0.3 is 0 Å². The van der Waals surface area contributed by atoms with Crippen molar-refractivity contribution in [3.05, 3.63) is 16.4 Å². The third-order valence-corrected chi connectivity index (χ3v) is 5.62. The second-order valence-corrected chi connectivity index (χ2v) is 7.13. The number of nitrogens with one attached hydrogen (secondary N) is 1. The predicted octanol–water partition coefficient (Wildman–Crippen LogP) is 2.83. The molecule has 2 aliphatic rings. The largest absolute Gasteiger partial charge is 0.316 e. The molecule has 21 heavy (non-hydrogen) atoms. The highest BCUT2D eigenvalue weighted by molar-refractivity contribution is 6.31. The molecule has 2 saturated heterocycles. The molecule has 4 nitrogen and oxygen atoms in total. The second kappa shape index (κ2) is 6.27. The molecule has 1 N–H and O–H groups in total. The molecular formula is C16H27ClN4. The normalized spacial score (nSPS) is 27.4. The van der Waals surface area contributed by atoms with Crippen LogP contribution in [0.15, 0.2) is 0 Å². The second-order valence-electron chi connectivity index (χ2n) is 6.76. The Morgan fingerprint density at radius 3 is 2.86 bits per heavy atom. The molecule has 3 heterocycles. The van der Waals surface area contributed by atoms with E-state index in [9.17, 15) is 0 Å². The van der Waals surface area contributed by atoms with Crippen LogP contribution in [0.4, 0.5) is 0 Å². The molecule has 3 rings (SSSR count). The number of hydrogen-bond donors (Lipinski definition) is 1. The molecule has 0 radical (unpaired) electrons. The summed E-state index contributed by atoms with van der Waals surface area (Å²) in [5.74, 6) is 0. The van der Waals surface area contributed by atoms with Crippen LogP contribution < -0.4 is 5.32 Å². The van der Waals surface area contributed by atoms with Crippen LogP contribution in [0.2, 0.25) is 5.02 Å². The van der Waals surface area contributed by atoms with Crippen molar-refractivity contribution in [3.63, 3.8) is 0 Å². The maximum Gasteiger partial charge on any atom is 0.0860 e. The van der Waals surface area contributed by atoms with Crippen LogP contribution in [0.25, 0.3) is 0 Å². The van der Waals surface area contributed by atoms with Crippen LogP contribution in [0, 0.1) is 12.3 Å². The minimum atomic E-state index is 0.495. The Labute approximate surface area is 132 Å². The summed E-state index contributed by atoms with van der Waals surface area (Å²) in [4.78, 5) is 2.59. The zero-order valence-corrected chi connectivity index (χ0v) is 14.0. The van der Waals surface area contributed by atoms with Gasteiger partial charge in [0.2, 0.25) is 0 Å². The molecule has 0 bridgehead atoms. The first-order chi connectivity index (χ1) is 10.1. The molecule has 0 amide bonds. The van der Waals surface area contributed by atoms with Gasteiger partial charge in [0.1, 0.15) is 0 Å². The van der Waals surface area contributed by atoms with Gasteiger partial charge in [-0.25, -0.2) is 0 Å². The lowest BCUT2D eigenvalue weighted by Crippen LogP contribution is -2.50. The van der Waals surface area contributed by atoms with E-state index in [0.717, 1.165) is 23.8 Å². The Balaban J connectivity index is 1.73. The number of rotatable bonds is 3. The summed E-state index contributed by atoms with van der Waals surface area (Å²) in [5, 5.41) is 9.00. The van der Waals surface area contributed by atoms with Gasteiger partial charge in [-0.3, -0.25) is 9.58 Å². The van der Waals surface area contributed by atoms with Crippen molar-refractivity contribution >= 4 is 11.6 Å². The van der Waals surface area contributed by atoms with Crippen LogP contribution in [0.5, 0.6) is 0 Å². The summed E-state index contributed by atoms with van der Waals surface area (Å²) in [6.07, 6.45) is 5.37. The maximum atomic E-state index is 6.47. The summed E-state index contributed by atoms with van der Waals surface area (Å²) in [5.41, 5.74) is 2.65. The number of aromatic nitrogens is 2. The van der Waals surface area contributed by atoms with Crippen LogP contribution in [0.3, 0.4) is 0 Å². The van der Waals surface area contributed by atoms with Crippen molar-refractivity contribution in [3.8, 4) is 0 Å². The minimum absolute atomic E-state index is 0.495. The third-order valence-electron chi connectivity index (χ3n) is 5.13. The average molecular weight is 311 g/mol. The molecular weight excluding hydrogens is 284 g/mol. The maximum absolute atomic E-state index is 6.47. The molecule has 0 saturated carbocycles. The molecule has 118 valence electrons. The molecule has 1 aromatic heterocycles. The molecule has 1 atom stereocenters. The van der Waals surface area contributed by atoms with Crippen molar-refractivity contribution in [1.29, 1.82) is 0 Å². The first-order valence-electron chi connectivity index (χ1n) is 8.28. The van der Waals surface area contributed by atoms with Crippen LogP contribution in [-0.4, -0.2) is 40.9 Å². The van der Waals surface area contributed by atoms with Crippen molar-refractivity contribution < 1.29 is 0 Å². The van der Waals surface area contributed by atoms with Crippen LogP contribution >= 0.6 is 11.6 Å². The highest BCUT2D eigenvalue weighted by Crippen LogP contribution is 2.36. The summed E-state index contributed by atoms with van der Waals surface area (Å²) in [7, 11) is 0. The fourth-order valence-corrected chi connectivity index (χ4v) is 4.25. The molecule has 2 fully saturated rings. The molecule has 0 aliphatic carbocycles. The summed E-state index contributed by atoms with van der Waals surface area (Å²) in [6.45, 7) is 10.7. The Morgan fingerprint density at radius 2 is 2.14 bits per heavy atom.